The summed E-state index contributed by atoms with van der Waals surface area (Å²) in [5.74, 6) is 0.591. The van der Waals surface area contributed by atoms with Gasteiger partial charge in [0.15, 0.2) is 0 Å². The average Bonchev–Trinajstić information content (AvgIpc) is 2.45. The fraction of sp³-hybridized carbons (Fsp3) is 0.462. The molecule has 21 heavy (non-hydrogen) atoms. The molecule has 0 heterocycles. The molecule has 0 aliphatic carbocycles. The van der Waals surface area contributed by atoms with Crippen molar-refractivity contribution < 1.29 is 22.7 Å². The number of hydrogen-bond acceptors (Lipinski definition) is 3. The zero-order chi connectivity index (χ0) is 15.9. The molecule has 8 heteroatoms. The van der Waals surface area contributed by atoms with E-state index in [1.54, 1.807) is 24.3 Å². The Morgan fingerprint density at radius 3 is 2.43 bits per heavy atom. The minimum atomic E-state index is -4.45. The summed E-state index contributed by atoms with van der Waals surface area (Å²) in [6.45, 7) is -0.813. The Labute approximate surface area is 120 Å². The molecule has 0 aliphatic rings. The van der Waals surface area contributed by atoms with Crippen LogP contribution >= 0.6 is 0 Å². The lowest BCUT2D eigenvalue weighted by atomic mass is 10.2. The number of carbonyl (C=O) groups excluding carboxylic acids is 1. The van der Waals surface area contributed by atoms with Gasteiger partial charge >= 0.3 is 12.2 Å². The van der Waals surface area contributed by atoms with Crippen LogP contribution in [0.3, 0.4) is 0 Å². The van der Waals surface area contributed by atoms with Crippen LogP contribution in [0.4, 0.5) is 23.7 Å². The Balaban J connectivity index is 2.80. The van der Waals surface area contributed by atoms with E-state index < -0.39 is 18.8 Å². The summed E-state index contributed by atoms with van der Waals surface area (Å²) in [6.07, 6.45) is -3.97. The second-order valence-electron chi connectivity index (χ2n) is 4.27. The Kier molecular flexibility index (Phi) is 6.29. The number of hydrogen-bond donors (Lipinski definition) is 2. The summed E-state index contributed by atoms with van der Waals surface area (Å²) in [6, 6.07) is 5.64. The van der Waals surface area contributed by atoms with Crippen LogP contribution in [0.1, 0.15) is 6.42 Å². The van der Waals surface area contributed by atoms with Crippen LogP contribution in [0.2, 0.25) is 0 Å². The minimum Gasteiger partial charge on any atom is -0.497 e. The lowest BCUT2D eigenvalue weighted by Gasteiger charge is -2.23. The molecule has 0 atom stereocenters. The fourth-order valence-corrected chi connectivity index (χ4v) is 1.63. The zero-order valence-corrected chi connectivity index (χ0v) is 11.6. The van der Waals surface area contributed by atoms with Crippen LogP contribution in [-0.2, 0) is 0 Å². The number of nitrogens with one attached hydrogen (secondary N) is 1. The molecule has 0 aromatic heterocycles. The Bertz CT molecular complexity index is 449. The zero-order valence-electron chi connectivity index (χ0n) is 11.6. The van der Waals surface area contributed by atoms with Crippen LogP contribution in [0, 0.1) is 0 Å². The predicted octanol–water partition coefficient (Wildman–Crippen LogP) is 2.12. The number of benzene rings is 1. The van der Waals surface area contributed by atoms with Gasteiger partial charge in [-0.05, 0) is 37.2 Å². The molecule has 0 unspecified atom stereocenters. The molecule has 0 radical (unpaired) electrons. The minimum absolute atomic E-state index is 0.229. The number of urea groups is 1. The molecule has 0 spiro atoms. The number of halogens is 3. The van der Waals surface area contributed by atoms with Crippen molar-refractivity contribution in [1.29, 1.82) is 0 Å². The summed E-state index contributed by atoms with van der Waals surface area (Å²) < 4.78 is 41.5. The van der Waals surface area contributed by atoms with Crippen LogP contribution in [0.15, 0.2) is 24.3 Å². The van der Waals surface area contributed by atoms with Crippen molar-refractivity contribution in [2.75, 3.05) is 31.6 Å². The van der Waals surface area contributed by atoms with Crippen molar-refractivity contribution in [2.24, 2.45) is 5.73 Å². The number of amides is 2. The van der Waals surface area contributed by atoms with Gasteiger partial charge in [0.25, 0.3) is 0 Å². The van der Waals surface area contributed by atoms with Gasteiger partial charge in [-0.2, -0.15) is 13.2 Å². The van der Waals surface area contributed by atoms with Crippen LogP contribution in [0.5, 0.6) is 5.75 Å². The van der Waals surface area contributed by atoms with Crippen LogP contribution in [0.25, 0.3) is 0 Å². The number of anilines is 1. The van der Waals surface area contributed by atoms with Crippen molar-refractivity contribution in [3.8, 4) is 5.75 Å². The normalized spacial score (nSPS) is 11.1. The Hall–Kier alpha value is -1.96. The van der Waals surface area contributed by atoms with E-state index in [4.69, 9.17) is 10.5 Å². The molecule has 1 aromatic carbocycles. The standard InChI is InChI=1S/C13H18F3N3O2/c1-21-11-5-3-10(4-6-11)19(8-2-7-17)12(20)18-9-13(14,15)16/h3-6H,2,7-9,17H2,1H3,(H,18,20). The fourth-order valence-electron chi connectivity index (χ4n) is 1.63. The first-order chi connectivity index (χ1) is 9.87. The molecule has 0 saturated carbocycles. The van der Waals surface area contributed by atoms with Crippen molar-refractivity contribution >= 4 is 11.7 Å². The molecule has 118 valence electrons. The third-order valence-corrected chi connectivity index (χ3v) is 2.66. The van der Waals surface area contributed by atoms with Crippen molar-refractivity contribution in [1.82, 2.24) is 5.32 Å². The second kappa shape index (κ2) is 7.72. The number of methoxy groups -OCH3 is 1. The number of nitrogens with two attached hydrogens (primary N) is 1. The summed E-state index contributed by atoms with van der Waals surface area (Å²) in [4.78, 5) is 13.1. The number of ether oxygens (including phenoxy) is 1. The Morgan fingerprint density at radius 1 is 1.33 bits per heavy atom. The molecule has 2 amide bonds. The van der Waals surface area contributed by atoms with Gasteiger partial charge in [-0.25, -0.2) is 4.79 Å². The van der Waals surface area contributed by atoms with Gasteiger partial charge < -0.3 is 15.8 Å². The first-order valence-electron chi connectivity index (χ1n) is 6.33. The molecular formula is C13H18F3N3O2. The first kappa shape index (κ1) is 17.1. The molecule has 0 bridgehead atoms. The second-order valence-corrected chi connectivity index (χ2v) is 4.27. The molecule has 3 N–H and O–H groups in total. The summed E-state index contributed by atoms with van der Waals surface area (Å²) in [5, 5.41) is 1.85. The van der Waals surface area contributed by atoms with E-state index in [1.165, 1.54) is 12.0 Å². The van der Waals surface area contributed by atoms with Crippen molar-refractivity contribution in [3.05, 3.63) is 24.3 Å². The molecule has 0 saturated heterocycles. The van der Waals surface area contributed by atoms with E-state index in [1.807, 2.05) is 5.32 Å². The third-order valence-electron chi connectivity index (χ3n) is 2.66. The van der Waals surface area contributed by atoms with E-state index in [0.717, 1.165) is 0 Å². The van der Waals surface area contributed by atoms with E-state index in [2.05, 4.69) is 0 Å². The van der Waals surface area contributed by atoms with Gasteiger partial charge in [0.1, 0.15) is 12.3 Å². The van der Waals surface area contributed by atoms with Crippen molar-refractivity contribution in [2.45, 2.75) is 12.6 Å². The molecule has 1 aromatic rings. The SMILES string of the molecule is COc1ccc(N(CCCN)C(=O)NCC(F)(F)F)cc1. The highest BCUT2D eigenvalue weighted by atomic mass is 19.4. The maximum absolute atomic E-state index is 12.2. The predicted molar refractivity (Wildman–Crippen MR) is 73.5 cm³/mol. The van der Waals surface area contributed by atoms with Crippen LogP contribution < -0.4 is 20.7 Å². The number of carbonyl (C=O) groups is 1. The van der Waals surface area contributed by atoms with E-state index in [-0.39, 0.29) is 6.54 Å². The van der Waals surface area contributed by atoms with Gasteiger partial charge in [0.05, 0.1) is 7.11 Å². The molecule has 1 rings (SSSR count). The van der Waals surface area contributed by atoms with Gasteiger partial charge in [0.2, 0.25) is 0 Å². The maximum Gasteiger partial charge on any atom is 0.405 e. The van der Waals surface area contributed by atoms with Gasteiger partial charge in [-0.15, -0.1) is 0 Å². The largest absolute Gasteiger partial charge is 0.497 e. The number of rotatable bonds is 6. The van der Waals surface area contributed by atoms with Gasteiger partial charge in [-0.3, -0.25) is 4.90 Å². The maximum atomic E-state index is 12.2. The summed E-state index contributed by atoms with van der Waals surface area (Å²) in [5.41, 5.74) is 5.86. The number of alkyl halides is 3. The lowest BCUT2D eigenvalue weighted by molar-refractivity contribution is -0.122. The van der Waals surface area contributed by atoms with Gasteiger partial charge in [-0.1, -0.05) is 0 Å². The Morgan fingerprint density at radius 2 is 1.95 bits per heavy atom. The highest BCUT2D eigenvalue weighted by Crippen LogP contribution is 2.20. The summed E-state index contributed by atoms with van der Waals surface area (Å²) >= 11 is 0. The highest BCUT2D eigenvalue weighted by Gasteiger charge is 2.29. The number of nitrogens with zero attached hydrogens (tertiary/aromatic N) is 1. The van der Waals surface area contributed by atoms with E-state index >= 15 is 0 Å². The van der Waals surface area contributed by atoms with Crippen LogP contribution in [-0.4, -0.2) is 39.0 Å². The highest BCUT2D eigenvalue weighted by molar-refractivity contribution is 5.92. The molecule has 0 aliphatic heterocycles. The average molecular weight is 305 g/mol. The molecule has 5 nitrogen and oxygen atoms in total. The topological polar surface area (TPSA) is 67.6 Å². The first-order valence-corrected chi connectivity index (χ1v) is 6.33. The quantitative estimate of drug-likeness (QED) is 0.846. The van der Waals surface area contributed by atoms with E-state index in [9.17, 15) is 18.0 Å². The summed E-state index contributed by atoms with van der Waals surface area (Å²) in [7, 11) is 1.50. The monoisotopic (exact) mass is 305 g/mol. The molecular weight excluding hydrogens is 287 g/mol. The molecule has 0 fully saturated rings. The smallest absolute Gasteiger partial charge is 0.405 e. The third kappa shape index (κ3) is 5.90. The van der Waals surface area contributed by atoms with Crippen molar-refractivity contribution in [3.63, 3.8) is 0 Å². The van der Waals surface area contributed by atoms with E-state index in [0.29, 0.717) is 24.4 Å². The van der Waals surface area contributed by atoms with Gasteiger partial charge in [0, 0.05) is 12.2 Å². The lowest BCUT2D eigenvalue weighted by Crippen LogP contribution is -2.44.